The van der Waals surface area contributed by atoms with Crippen LogP contribution >= 0.6 is 0 Å². The van der Waals surface area contributed by atoms with Crippen LogP contribution < -0.4 is 4.74 Å². The largest absolute Gasteiger partial charge is 0.495 e. The van der Waals surface area contributed by atoms with Crippen molar-refractivity contribution in [3.05, 3.63) is 23.5 Å². The Kier molecular flexibility index (Phi) is 3.29. The molecule has 0 aliphatic carbocycles. The molecule has 0 aliphatic rings. The third-order valence-corrected chi connectivity index (χ3v) is 2.11. The van der Waals surface area contributed by atoms with Crippen molar-refractivity contribution >= 4 is 0 Å². The SMILES string of the molecule is CCc1cnc(C(C)C)c(OC)c1. The fourth-order valence-electron chi connectivity index (χ4n) is 1.29. The van der Waals surface area contributed by atoms with E-state index >= 15 is 0 Å². The second kappa shape index (κ2) is 4.26. The molecule has 0 spiro atoms. The van der Waals surface area contributed by atoms with Crippen molar-refractivity contribution in [3.63, 3.8) is 0 Å². The third-order valence-electron chi connectivity index (χ3n) is 2.11. The van der Waals surface area contributed by atoms with Gasteiger partial charge in [-0.2, -0.15) is 0 Å². The van der Waals surface area contributed by atoms with E-state index in [2.05, 4.69) is 31.8 Å². The van der Waals surface area contributed by atoms with Crippen LogP contribution in [0, 0.1) is 0 Å². The van der Waals surface area contributed by atoms with E-state index in [1.54, 1.807) is 7.11 Å². The van der Waals surface area contributed by atoms with Gasteiger partial charge in [0.25, 0.3) is 0 Å². The fraction of sp³-hybridized carbons (Fsp3) is 0.545. The van der Waals surface area contributed by atoms with Crippen LogP contribution in [0.15, 0.2) is 12.3 Å². The number of hydrogen-bond donors (Lipinski definition) is 0. The molecule has 1 aromatic rings. The Bertz CT molecular complexity index is 281. The number of hydrogen-bond acceptors (Lipinski definition) is 2. The Hall–Kier alpha value is -1.05. The van der Waals surface area contributed by atoms with Gasteiger partial charge in [0.15, 0.2) is 0 Å². The van der Waals surface area contributed by atoms with Crippen LogP contribution in [0.4, 0.5) is 0 Å². The average molecular weight is 179 g/mol. The maximum Gasteiger partial charge on any atom is 0.140 e. The predicted molar refractivity (Wildman–Crippen MR) is 54.3 cm³/mol. The first-order valence-corrected chi connectivity index (χ1v) is 4.71. The maximum absolute atomic E-state index is 5.29. The van der Waals surface area contributed by atoms with Gasteiger partial charge in [-0.15, -0.1) is 0 Å². The monoisotopic (exact) mass is 179 g/mol. The lowest BCUT2D eigenvalue weighted by Gasteiger charge is -2.11. The Morgan fingerprint density at radius 1 is 1.46 bits per heavy atom. The molecule has 0 bridgehead atoms. The number of nitrogens with zero attached hydrogens (tertiary/aromatic N) is 1. The van der Waals surface area contributed by atoms with E-state index in [4.69, 9.17) is 4.74 Å². The minimum Gasteiger partial charge on any atom is -0.495 e. The molecule has 0 N–H and O–H groups in total. The Morgan fingerprint density at radius 2 is 2.15 bits per heavy atom. The van der Waals surface area contributed by atoms with Gasteiger partial charge in [-0.3, -0.25) is 4.98 Å². The van der Waals surface area contributed by atoms with E-state index in [-0.39, 0.29) is 0 Å². The van der Waals surface area contributed by atoms with Gasteiger partial charge in [0.1, 0.15) is 5.75 Å². The predicted octanol–water partition coefficient (Wildman–Crippen LogP) is 2.78. The highest BCUT2D eigenvalue weighted by Gasteiger charge is 2.08. The maximum atomic E-state index is 5.29. The van der Waals surface area contributed by atoms with Gasteiger partial charge in [-0.05, 0) is 24.0 Å². The highest BCUT2D eigenvalue weighted by molar-refractivity contribution is 5.33. The lowest BCUT2D eigenvalue weighted by atomic mass is 10.1. The zero-order chi connectivity index (χ0) is 9.84. The fourth-order valence-corrected chi connectivity index (χ4v) is 1.29. The Balaban J connectivity index is 3.08. The van der Waals surface area contributed by atoms with Crippen molar-refractivity contribution in [3.8, 4) is 5.75 Å². The van der Waals surface area contributed by atoms with E-state index < -0.39 is 0 Å². The summed E-state index contributed by atoms with van der Waals surface area (Å²) in [5.74, 6) is 1.33. The molecule has 0 saturated carbocycles. The number of pyridine rings is 1. The summed E-state index contributed by atoms with van der Waals surface area (Å²) in [7, 11) is 1.70. The summed E-state index contributed by atoms with van der Waals surface area (Å²) >= 11 is 0. The highest BCUT2D eigenvalue weighted by atomic mass is 16.5. The van der Waals surface area contributed by atoms with Crippen LogP contribution in [0.25, 0.3) is 0 Å². The van der Waals surface area contributed by atoms with E-state index in [1.165, 1.54) is 5.56 Å². The number of aromatic nitrogens is 1. The van der Waals surface area contributed by atoms with Gasteiger partial charge in [0.2, 0.25) is 0 Å². The molecule has 1 heterocycles. The van der Waals surface area contributed by atoms with E-state index in [9.17, 15) is 0 Å². The molecule has 0 fully saturated rings. The zero-order valence-corrected chi connectivity index (χ0v) is 8.79. The van der Waals surface area contributed by atoms with Crippen molar-refractivity contribution in [2.75, 3.05) is 7.11 Å². The molecule has 2 heteroatoms. The van der Waals surface area contributed by atoms with Crippen molar-refractivity contribution in [1.29, 1.82) is 0 Å². The Morgan fingerprint density at radius 3 is 2.62 bits per heavy atom. The number of methoxy groups -OCH3 is 1. The second-order valence-corrected chi connectivity index (χ2v) is 3.44. The van der Waals surface area contributed by atoms with Crippen LogP contribution in [0.5, 0.6) is 5.75 Å². The molecular weight excluding hydrogens is 162 g/mol. The zero-order valence-electron chi connectivity index (χ0n) is 8.79. The van der Waals surface area contributed by atoms with E-state index in [0.717, 1.165) is 17.9 Å². The van der Waals surface area contributed by atoms with Crippen molar-refractivity contribution < 1.29 is 4.74 Å². The second-order valence-electron chi connectivity index (χ2n) is 3.44. The molecule has 1 aromatic heterocycles. The van der Waals surface area contributed by atoms with Gasteiger partial charge in [-0.25, -0.2) is 0 Å². The first kappa shape index (κ1) is 10.0. The van der Waals surface area contributed by atoms with Gasteiger partial charge in [-0.1, -0.05) is 20.8 Å². The van der Waals surface area contributed by atoms with Crippen LogP contribution in [-0.4, -0.2) is 12.1 Å². The molecule has 0 unspecified atom stereocenters. The number of rotatable bonds is 3. The van der Waals surface area contributed by atoms with Crippen molar-refractivity contribution in [2.45, 2.75) is 33.1 Å². The molecule has 0 radical (unpaired) electrons. The lowest BCUT2D eigenvalue weighted by molar-refractivity contribution is 0.403. The molecule has 72 valence electrons. The summed E-state index contributed by atoms with van der Waals surface area (Å²) < 4.78 is 5.29. The van der Waals surface area contributed by atoms with Crippen LogP contribution in [0.2, 0.25) is 0 Å². The minimum atomic E-state index is 0.417. The standard InChI is InChI=1S/C11H17NO/c1-5-9-6-10(13-4)11(8(2)3)12-7-9/h6-8H,5H2,1-4H3. The topological polar surface area (TPSA) is 22.1 Å². The molecule has 0 atom stereocenters. The molecule has 0 saturated heterocycles. The first-order valence-electron chi connectivity index (χ1n) is 4.71. The van der Waals surface area contributed by atoms with Crippen LogP contribution in [0.3, 0.4) is 0 Å². The molecule has 0 aliphatic heterocycles. The van der Waals surface area contributed by atoms with E-state index in [1.807, 2.05) is 6.20 Å². The van der Waals surface area contributed by atoms with Crippen molar-refractivity contribution in [2.24, 2.45) is 0 Å². The normalized spacial score (nSPS) is 10.5. The highest BCUT2D eigenvalue weighted by Crippen LogP contribution is 2.24. The number of aryl methyl sites for hydroxylation is 1. The molecule has 2 nitrogen and oxygen atoms in total. The molecule has 0 amide bonds. The summed E-state index contributed by atoms with van der Waals surface area (Å²) in [6, 6.07) is 2.07. The molecule has 13 heavy (non-hydrogen) atoms. The minimum absolute atomic E-state index is 0.417. The average Bonchev–Trinajstić information content (AvgIpc) is 2.16. The van der Waals surface area contributed by atoms with Gasteiger partial charge >= 0.3 is 0 Å². The smallest absolute Gasteiger partial charge is 0.140 e. The first-order chi connectivity index (χ1) is 6.19. The van der Waals surface area contributed by atoms with E-state index in [0.29, 0.717) is 5.92 Å². The Labute approximate surface area is 80.0 Å². The summed E-state index contributed by atoms with van der Waals surface area (Å²) in [5, 5.41) is 0. The summed E-state index contributed by atoms with van der Waals surface area (Å²) in [6.07, 6.45) is 2.93. The lowest BCUT2D eigenvalue weighted by Crippen LogP contribution is -1.99. The summed E-state index contributed by atoms with van der Waals surface area (Å²) in [5.41, 5.74) is 2.26. The van der Waals surface area contributed by atoms with Crippen molar-refractivity contribution in [1.82, 2.24) is 4.98 Å². The quantitative estimate of drug-likeness (QED) is 0.711. The molecule has 0 aromatic carbocycles. The summed E-state index contributed by atoms with van der Waals surface area (Å²) in [6.45, 7) is 6.36. The summed E-state index contributed by atoms with van der Waals surface area (Å²) in [4.78, 5) is 4.39. The third kappa shape index (κ3) is 2.20. The molecular formula is C11H17NO. The number of ether oxygens (including phenoxy) is 1. The van der Waals surface area contributed by atoms with Crippen LogP contribution in [0.1, 0.15) is 37.9 Å². The molecule has 1 rings (SSSR count). The van der Waals surface area contributed by atoms with Gasteiger partial charge in [0, 0.05) is 6.20 Å². The van der Waals surface area contributed by atoms with Crippen LogP contribution in [-0.2, 0) is 6.42 Å². The van der Waals surface area contributed by atoms with Gasteiger partial charge in [0.05, 0.1) is 12.8 Å². The van der Waals surface area contributed by atoms with Gasteiger partial charge < -0.3 is 4.74 Å².